The van der Waals surface area contributed by atoms with Gasteiger partial charge in [-0.2, -0.15) is 0 Å². The Morgan fingerprint density at radius 1 is 1.24 bits per heavy atom. The van der Waals surface area contributed by atoms with Crippen LogP contribution in [0.1, 0.15) is 17.1 Å². The van der Waals surface area contributed by atoms with Gasteiger partial charge in [-0.3, -0.25) is 4.79 Å². The summed E-state index contributed by atoms with van der Waals surface area (Å²) < 4.78 is 0. The fourth-order valence-corrected chi connectivity index (χ4v) is 2.95. The van der Waals surface area contributed by atoms with E-state index in [0.29, 0.717) is 13.0 Å². The second-order valence-electron chi connectivity index (χ2n) is 4.91. The molecule has 3 rings (SSSR count). The van der Waals surface area contributed by atoms with Crippen LogP contribution in [0.15, 0.2) is 41.8 Å². The van der Waals surface area contributed by atoms with Gasteiger partial charge >= 0.3 is 0 Å². The molecule has 3 aromatic rings. The van der Waals surface area contributed by atoms with Crippen LogP contribution in [0.2, 0.25) is 0 Å². The lowest BCUT2D eigenvalue weighted by Gasteiger charge is -2.03. The summed E-state index contributed by atoms with van der Waals surface area (Å²) in [5.41, 5.74) is 2.06. The van der Waals surface area contributed by atoms with Crippen molar-refractivity contribution >= 4 is 28.3 Å². The number of hydrogen-bond donors (Lipinski definition) is 2. The zero-order valence-electron chi connectivity index (χ0n) is 11.6. The molecule has 0 aliphatic rings. The number of aryl methyl sites for hydroxylation is 1. The maximum absolute atomic E-state index is 11.7. The molecule has 1 amide bonds. The van der Waals surface area contributed by atoms with Crippen LogP contribution in [0.5, 0.6) is 0 Å². The molecule has 1 aromatic carbocycles. The fourth-order valence-electron chi connectivity index (χ4n) is 2.24. The number of hydrogen-bond acceptors (Lipinski definition) is 3. The first-order valence-corrected chi connectivity index (χ1v) is 7.92. The van der Waals surface area contributed by atoms with Crippen LogP contribution in [-0.2, 0) is 17.6 Å². The van der Waals surface area contributed by atoms with Crippen LogP contribution in [0, 0.1) is 0 Å². The molecule has 0 saturated heterocycles. The van der Waals surface area contributed by atoms with Crippen molar-refractivity contribution in [2.75, 3.05) is 6.54 Å². The predicted molar refractivity (Wildman–Crippen MR) is 85.4 cm³/mol. The van der Waals surface area contributed by atoms with Gasteiger partial charge < -0.3 is 10.3 Å². The molecule has 4 nitrogen and oxygen atoms in total. The minimum atomic E-state index is 0.0852. The first-order chi connectivity index (χ1) is 10.3. The summed E-state index contributed by atoms with van der Waals surface area (Å²) in [5.74, 6) is 1.06. The fraction of sp³-hybridized carbons (Fsp3) is 0.250. The van der Waals surface area contributed by atoms with Crippen molar-refractivity contribution in [3.63, 3.8) is 0 Å². The Morgan fingerprint density at radius 2 is 2.14 bits per heavy atom. The maximum Gasteiger partial charge on any atom is 0.225 e. The number of benzene rings is 1. The molecule has 0 saturated carbocycles. The van der Waals surface area contributed by atoms with Crippen molar-refractivity contribution in [3.8, 4) is 0 Å². The normalized spacial score (nSPS) is 10.9. The predicted octanol–water partition coefficient (Wildman–Crippen LogP) is 2.92. The Balaban J connectivity index is 1.42. The topological polar surface area (TPSA) is 57.8 Å². The van der Waals surface area contributed by atoms with Crippen molar-refractivity contribution in [3.05, 3.63) is 52.5 Å². The van der Waals surface area contributed by atoms with Gasteiger partial charge in [-0.25, -0.2) is 4.98 Å². The second-order valence-corrected chi connectivity index (χ2v) is 5.94. The van der Waals surface area contributed by atoms with E-state index in [0.717, 1.165) is 34.6 Å². The summed E-state index contributed by atoms with van der Waals surface area (Å²) in [7, 11) is 0. The summed E-state index contributed by atoms with van der Waals surface area (Å²) in [4.78, 5) is 20.7. The first kappa shape index (κ1) is 13.8. The average Bonchev–Trinajstić information content (AvgIpc) is 3.12. The third kappa shape index (κ3) is 3.70. The molecule has 0 radical (unpaired) electrons. The van der Waals surface area contributed by atoms with Gasteiger partial charge in [0.1, 0.15) is 5.82 Å². The first-order valence-electron chi connectivity index (χ1n) is 7.04. The summed E-state index contributed by atoms with van der Waals surface area (Å²) in [6.45, 7) is 0.682. The number of aromatic nitrogens is 2. The van der Waals surface area contributed by atoms with Crippen LogP contribution in [-0.4, -0.2) is 22.4 Å². The number of rotatable bonds is 6. The molecule has 0 fully saturated rings. The van der Waals surface area contributed by atoms with E-state index < -0.39 is 0 Å². The summed E-state index contributed by atoms with van der Waals surface area (Å²) >= 11 is 1.61. The molecule has 0 spiro atoms. The zero-order valence-corrected chi connectivity index (χ0v) is 12.5. The highest BCUT2D eigenvalue weighted by Crippen LogP contribution is 2.11. The average molecular weight is 299 g/mol. The third-order valence-corrected chi connectivity index (χ3v) is 4.14. The standard InChI is InChI=1S/C16H17N3OS/c20-16(11-12-5-4-10-21-12)17-9-3-8-15-18-13-6-1-2-7-14(13)19-15/h1-2,4-7,10H,3,8-9,11H2,(H,17,20)(H,18,19). The van der Waals surface area contributed by atoms with Gasteiger partial charge in [-0.15, -0.1) is 11.3 Å². The lowest BCUT2D eigenvalue weighted by molar-refractivity contribution is -0.120. The minimum absolute atomic E-state index is 0.0852. The number of imidazole rings is 1. The number of carbonyl (C=O) groups is 1. The van der Waals surface area contributed by atoms with E-state index in [4.69, 9.17) is 0 Å². The van der Waals surface area contributed by atoms with Gasteiger partial charge in [0.25, 0.3) is 0 Å². The Hall–Kier alpha value is -2.14. The molecule has 0 atom stereocenters. The number of carbonyl (C=O) groups excluding carboxylic acids is 1. The molecule has 108 valence electrons. The van der Waals surface area contributed by atoms with E-state index in [9.17, 15) is 4.79 Å². The number of thiophene rings is 1. The summed E-state index contributed by atoms with van der Waals surface area (Å²) in [6.07, 6.45) is 2.20. The second kappa shape index (κ2) is 6.54. The minimum Gasteiger partial charge on any atom is -0.356 e. The van der Waals surface area contributed by atoms with E-state index >= 15 is 0 Å². The number of aromatic amines is 1. The quantitative estimate of drug-likeness (QED) is 0.688. The maximum atomic E-state index is 11.7. The van der Waals surface area contributed by atoms with Gasteiger partial charge in [-0.1, -0.05) is 18.2 Å². The molecule has 21 heavy (non-hydrogen) atoms. The Kier molecular flexibility index (Phi) is 4.31. The Labute approximate surface area is 127 Å². The van der Waals surface area contributed by atoms with Crippen molar-refractivity contribution in [2.45, 2.75) is 19.3 Å². The molecule has 2 N–H and O–H groups in total. The van der Waals surface area contributed by atoms with Crippen molar-refractivity contribution in [2.24, 2.45) is 0 Å². The number of nitrogens with one attached hydrogen (secondary N) is 2. The highest BCUT2D eigenvalue weighted by molar-refractivity contribution is 7.10. The van der Waals surface area contributed by atoms with Crippen LogP contribution in [0.3, 0.4) is 0 Å². The third-order valence-electron chi connectivity index (χ3n) is 3.27. The molecule has 5 heteroatoms. The molecular weight excluding hydrogens is 282 g/mol. The molecule has 0 aliphatic carbocycles. The van der Waals surface area contributed by atoms with E-state index in [1.165, 1.54) is 0 Å². The van der Waals surface area contributed by atoms with Gasteiger partial charge in [0.2, 0.25) is 5.91 Å². The molecule has 2 heterocycles. The Morgan fingerprint density at radius 3 is 2.95 bits per heavy atom. The van der Waals surface area contributed by atoms with Gasteiger partial charge in [0.15, 0.2) is 0 Å². The molecule has 2 aromatic heterocycles. The van der Waals surface area contributed by atoms with Crippen LogP contribution in [0.25, 0.3) is 11.0 Å². The van der Waals surface area contributed by atoms with Gasteiger partial charge in [0.05, 0.1) is 17.5 Å². The lowest BCUT2D eigenvalue weighted by atomic mass is 10.3. The lowest BCUT2D eigenvalue weighted by Crippen LogP contribution is -2.26. The number of para-hydroxylation sites is 2. The van der Waals surface area contributed by atoms with Crippen molar-refractivity contribution in [1.82, 2.24) is 15.3 Å². The molecule has 0 unspecified atom stereocenters. The SMILES string of the molecule is O=C(Cc1cccs1)NCCCc1nc2ccccc2[nH]1. The number of nitrogens with zero attached hydrogens (tertiary/aromatic N) is 1. The van der Waals surface area contributed by atoms with Crippen LogP contribution in [0.4, 0.5) is 0 Å². The number of H-pyrrole nitrogens is 1. The molecule has 0 aliphatic heterocycles. The van der Waals surface area contributed by atoms with E-state index in [1.54, 1.807) is 11.3 Å². The van der Waals surface area contributed by atoms with Crippen LogP contribution < -0.4 is 5.32 Å². The zero-order chi connectivity index (χ0) is 14.5. The van der Waals surface area contributed by atoms with Gasteiger partial charge in [-0.05, 0) is 30.0 Å². The molecular formula is C16H17N3OS. The van der Waals surface area contributed by atoms with Crippen molar-refractivity contribution in [1.29, 1.82) is 0 Å². The monoisotopic (exact) mass is 299 g/mol. The van der Waals surface area contributed by atoms with Crippen molar-refractivity contribution < 1.29 is 4.79 Å². The summed E-state index contributed by atoms with van der Waals surface area (Å²) in [6, 6.07) is 12.0. The number of fused-ring (bicyclic) bond motifs is 1. The van der Waals surface area contributed by atoms with Crippen LogP contribution >= 0.6 is 11.3 Å². The Bertz CT molecular complexity index is 685. The highest BCUT2D eigenvalue weighted by atomic mass is 32.1. The number of amides is 1. The largest absolute Gasteiger partial charge is 0.356 e. The molecule has 0 bridgehead atoms. The van der Waals surface area contributed by atoms with E-state index in [2.05, 4.69) is 15.3 Å². The highest BCUT2D eigenvalue weighted by Gasteiger charge is 2.05. The van der Waals surface area contributed by atoms with E-state index in [-0.39, 0.29) is 5.91 Å². The van der Waals surface area contributed by atoms with E-state index in [1.807, 2.05) is 41.8 Å². The smallest absolute Gasteiger partial charge is 0.225 e. The summed E-state index contributed by atoms with van der Waals surface area (Å²) in [5, 5.41) is 4.94. The van der Waals surface area contributed by atoms with Gasteiger partial charge in [0, 0.05) is 17.8 Å².